The number of nitrogens with one attached hydrogen (secondary N) is 1. The van der Waals surface area contributed by atoms with E-state index in [1.165, 1.54) is 0 Å². The smallest absolute Gasteiger partial charge is 0.223 e. The zero-order valence-electron chi connectivity index (χ0n) is 12.0. The largest absolute Gasteiger partial charge is 0.508 e. The topological polar surface area (TPSA) is 58.6 Å². The molecule has 0 heterocycles. The van der Waals surface area contributed by atoms with Crippen LogP contribution in [0.3, 0.4) is 0 Å². The molecule has 0 aliphatic rings. The van der Waals surface area contributed by atoms with Gasteiger partial charge in [0.1, 0.15) is 11.5 Å². The Balaban J connectivity index is 1.70. The zero-order chi connectivity index (χ0) is 15.1. The quantitative estimate of drug-likeness (QED) is 0.858. The molecule has 2 aromatic carbocycles. The highest BCUT2D eigenvalue weighted by Crippen LogP contribution is 2.12. The molecule has 0 atom stereocenters. The van der Waals surface area contributed by atoms with Gasteiger partial charge in [0.25, 0.3) is 0 Å². The third kappa shape index (κ3) is 5.18. The van der Waals surface area contributed by atoms with Crippen LogP contribution >= 0.6 is 0 Å². The van der Waals surface area contributed by atoms with Crippen LogP contribution in [-0.2, 0) is 11.3 Å². The van der Waals surface area contributed by atoms with Crippen molar-refractivity contribution in [3.05, 3.63) is 59.7 Å². The average molecular weight is 285 g/mol. The van der Waals surface area contributed by atoms with Gasteiger partial charge in [0, 0.05) is 6.54 Å². The van der Waals surface area contributed by atoms with Crippen molar-refractivity contribution in [3.63, 3.8) is 0 Å². The maximum absolute atomic E-state index is 11.7. The molecule has 0 aliphatic heterocycles. The molecular weight excluding hydrogens is 266 g/mol. The minimum absolute atomic E-state index is 0.0778. The lowest BCUT2D eigenvalue weighted by molar-refractivity contribution is -0.121. The van der Waals surface area contributed by atoms with Gasteiger partial charge in [-0.05, 0) is 42.3 Å². The fourth-order valence-corrected chi connectivity index (χ4v) is 1.92. The summed E-state index contributed by atoms with van der Waals surface area (Å²) in [6.45, 7) is 2.74. The maximum Gasteiger partial charge on any atom is 0.223 e. The summed E-state index contributed by atoms with van der Waals surface area (Å²) in [6.07, 6.45) is 0.298. The van der Waals surface area contributed by atoms with Crippen molar-refractivity contribution in [1.82, 2.24) is 5.32 Å². The second-order valence-corrected chi connectivity index (χ2v) is 4.86. The van der Waals surface area contributed by atoms with Crippen LogP contribution in [0.5, 0.6) is 11.5 Å². The first-order valence-electron chi connectivity index (χ1n) is 6.87. The minimum atomic E-state index is -0.0778. The highest BCUT2D eigenvalue weighted by Gasteiger charge is 2.03. The SMILES string of the molecule is Cc1cccc(OCCC(=O)NCc2cccc(O)c2)c1. The highest BCUT2D eigenvalue weighted by molar-refractivity contribution is 5.76. The molecule has 0 radical (unpaired) electrons. The van der Waals surface area contributed by atoms with E-state index in [-0.39, 0.29) is 11.7 Å². The molecule has 21 heavy (non-hydrogen) atoms. The maximum atomic E-state index is 11.7. The first kappa shape index (κ1) is 14.9. The predicted molar refractivity (Wildman–Crippen MR) is 81.2 cm³/mol. The number of hydrogen-bond acceptors (Lipinski definition) is 3. The van der Waals surface area contributed by atoms with Gasteiger partial charge in [-0.3, -0.25) is 4.79 Å². The average Bonchev–Trinajstić information content (AvgIpc) is 2.45. The summed E-state index contributed by atoms with van der Waals surface area (Å²) in [7, 11) is 0. The number of phenols is 1. The molecule has 0 saturated heterocycles. The van der Waals surface area contributed by atoms with E-state index >= 15 is 0 Å². The summed E-state index contributed by atoms with van der Waals surface area (Å²) in [5.41, 5.74) is 1.99. The Morgan fingerprint density at radius 1 is 1.19 bits per heavy atom. The van der Waals surface area contributed by atoms with Crippen LogP contribution in [0.15, 0.2) is 48.5 Å². The Kier molecular flexibility index (Phi) is 5.21. The van der Waals surface area contributed by atoms with Gasteiger partial charge < -0.3 is 15.2 Å². The Labute approximate surface area is 124 Å². The fourth-order valence-electron chi connectivity index (χ4n) is 1.92. The molecule has 0 saturated carbocycles. The van der Waals surface area contributed by atoms with Crippen LogP contribution < -0.4 is 10.1 Å². The van der Waals surface area contributed by atoms with Crippen molar-refractivity contribution in [1.29, 1.82) is 0 Å². The molecule has 2 rings (SSSR count). The van der Waals surface area contributed by atoms with E-state index in [2.05, 4.69) is 5.32 Å². The van der Waals surface area contributed by atoms with Gasteiger partial charge in [-0.1, -0.05) is 24.3 Å². The number of amides is 1. The lowest BCUT2D eigenvalue weighted by Crippen LogP contribution is -2.24. The molecular formula is C17H19NO3. The van der Waals surface area contributed by atoms with Gasteiger partial charge in [0.2, 0.25) is 5.91 Å². The van der Waals surface area contributed by atoms with E-state index in [0.29, 0.717) is 19.6 Å². The molecule has 2 N–H and O–H groups in total. The summed E-state index contributed by atoms with van der Waals surface area (Å²) in [6, 6.07) is 14.6. The first-order chi connectivity index (χ1) is 10.1. The number of rotatable bonds is 6. The van der Waals surface area contributed by atoms with Crippen LogP contribution in [0.1, 0.15) is 17.5 Å². The Bertz CT molecular complexity index is 610. The van der Waals surface area contributed by atoms with E-state index in [4.69, 9.17) is 4.74 Å². The van der Waals surface area contributed by atoms with Gasteiger partial charge in [-0.2, -0.15) is 0 Å². The molecule has 110 valence electrons. The molecule has 4 nitrogen and oxygen atoms in total. The lowest BCUT2D eigenvalue weighted by atomic mass is 10.2. The predicted octanol–water partition coefficient (Wildman–Crippen LogP) is 2.79. The molecule has 1 amide bonds. The number of carbonyl (C=O) groups excluding carboxylic acids is 1. The molecule has 0 spiro atoms. The van der Waals surface area contributed by atoms with Gasteiger partial charge in [0.15, 0.2) is 0 Å². The van der Waals surface area contributed by atoms with E-state index < -0.39 is 0 Å². The number of ether oxygens (including phenoxy) is 1. The van der Waals surface area contributed by atoms with Gasteiger partial charge in [0.05, 0.1) is 13.0 Å². The number of aromatic hydroxyl groups is 1. The van der Waals surface area contributed by atoms with Crippen molar-refractivity contribution < 1.29 is 14.6 Å². The van der Waals surface area contributed by atoms with Crippen molar-refractivity contribution >= 4 is 5.91 Å². The second-order valence-electron chi connectivity index (χ2n) is 4.86. The number of hydrogen-bond donors (Lipinski definition) is 2. The van der Waals surface area contributed by atoms with Crippen LogP contribution in [0.25, 0.3) is 0 Å². The van der Waals surface area contributed by atoms with Crippen molar-refractivity contribution in [2.45, 2.75) is 19.9 Å². The van der Waals surface area contributed by atoms with Crippen LogP contribution in [0.2, 0.25) is 0 Å². The van der Waals surface area contributed by atoms with Crippen LogP contribution in [0.4, 0.5) is 0 Å². The highest BCUT2D eigenvalue weighted by atomic mass is 16.5. The van der Waals surface area contributed by atoms with Crippen LogP contribution in [-0.4, -0.2) is 17.6 Å². The standard InChI is InChI=1S/C17H19NO3/c1-13-4-2-7-16(10-13)21-9-8-17(20)18-12-14-5-3-6-15(19)11-14/h2-7,10-11,19H,8-9,12H2,1H3,(H,18,20). The van der Waals surface area contributed by atoms with Crippen molar-refractivity contribution in [3.8, 4) is 11.5 Å². The lowest BCUT2D eigenvalue weighted by Gasteiger charge is -2.08. The van der Waals surface area contributed by atoms with Gasteiger partial charge in [-0.25, -0.2) is 0 Å². The molecule has 0 bridgehead atoms. The summed E-state index contributed by atoms with van der Waals surface area (Å²) in [5, 5.41) is 12.1. The van der Waals surface area contributed by atoms with E-state index in [1.807, 2.05) is 37.3 Å². The number of phenolic OH excluding ortho intramolecular Hbond substituents is 1. The van der Waals surface area contributed by atoms with E-state index in [9.17, 15) is 9.90 Å². The molecule has 0 aliphatic carbocycles. The Morgan fingerprint density at radius 3 is 2.76 bits per heavy atom. The molecule has 0 fully saturated rings. The Morgan fingerprint density at radius 2 is 2.00 bits per heavy atom. The third-order valence-electron chi connectivity index (χ3n) is 2.99. The summed E-state index contributed by atoms with van der Waals surface area (Å²) in [5.74, 6) is 0.895. The third-order valence-corrected chi connectivity index (χ3v) is 2.99. The molecule has 4 heteroatoms. The zero-order valence-corrected chi connectivity index (χ0v) is 12.0. The number of aryl methyl sites for hydroxylation is 1. The second kappa shape index (κ2) is 7.33. The Hall–Kier alpha value is -2.49. The summed E-state index contributed by atoms with van der Waals surface area (Å²) >= 11 is 0. The summed E-state index contributed by atoms with van der Waals surface area (Å²) in [4.78, 5) is 11.7. The van der Waals surface area contributed by atoms with E-state index in [0.717, 1.165) is 16.9 Å². The van der Waals surface area contributed by atoms with Crippen LogP contribution in [0, 0.1) is 6.92 Å². The monoisotopic (exact) mass is 285 g/mol. The van der Waals surface area contributed by atoms with Gasteiger partial charge in [-0.15, -0.1) is 0 Å². The van der Waals surface area contributed by atoms with E-state index in [1.54, 1.807) is 18.2 Å². The van der Waals surface area contributed by atoms with Crippen molar-refractivity contribution in [2.24, 2.45) is 0 Å². The number of benzene rings is 2. The summed E-state index contributed by atoms with van der Waals surface area (Å²) < 4.78 is 5.53. The first-order valence-corrected chi connectivity index (χ1v) is 6.87. The normalized spacial score (nSPS) is 10.1. The molecule has 2 aromatic rings. The molecule has 0 aromatic heterocycles. The molecule has 0 unspecified atom stereocenters. The van der Waals surface area contributed by atoms with Gasteiger partial charge >= 0.3 is 0 Å². The minimum Gasteiger partial charge on any atom is -0.508 e. The van der Waals surface area contributed by atoms with Crippen molar-refractivity contribution in [2.75, 3.05) is 6.61 Å². The number of carbonyl (C=O) groups is 1. The fraction of sp³-hybridized carbons (Fsp3) is 0.235.